The van der Waals surface area contributed by atoms with Crippen LogP contribution in [0.5, 0.6) is 0 Å². The first kappa shape index (κ1) is 13.3. The summed E-state index contributed by atoms with van der Waals surface area (Å²) < 4.78 is 50.2. The Balaban J connectivity index is 3.26. The standard InChI is InChI=1S/C8H8F2N2O4S/c1-2-17(15,16)11-7-4-8(12(13)14)6(10)3-5(7)9/h3-4,11H,2H2,1H3. The Hall–Kier alpha value is -1.77. The molecule has 17 heavy (non-hydrogen) atoms. The Morgan fingerprint density at radius 1 is 1.35 bits per heavy atom. The Labute approximate surface area is 95.5 Å². The molecule has 1 rings (SSSR count). The lowest BCUT2D eigenvalue weighted by Gasteiger charge is -2.07. The quantitative estimate of drug-likeness (QED) is 0.662. The molecule has 0 aliphatic heterocycles. The van der Waals surface area contributed by atoms with Crippen LogP contribution in [0.4, 0.5) is 20.2 Å². The second-order valence-corrected chi connectivity index (χ2v) is 5.06. The molecule has 0 amide bonds. The summed E-state index contributed by atoms with van der Waals surface area (Å²) in [5, 5.41) is 10.4. The van der Waals surface area contributed by atoms with Crippen LogP contribution in [0.2, 0.25) is 0 Å². The van der Waals surface area contributed by atoms with Gasteiger partial charge in [-0.2, -0.15) is 4.39 Å². The molecule has 0 fully saturated rings. The maximum absolute atomic E-state index is 13.2. The zero-order valence-electron chi connectivity index (χ0n) is 8.61. The van der Waals surface area contributed by atoms with E-state index in [0.29, 0.717) is 6.07 Å². The van der Waals surface area contributed by atoms with Crippen LogP contribution in [0.25, 0.3) is 0 Å². The van der Waals surface area contributed by atoms with Crippen molar-refractivity contribution in [2.45, 2.75) is 6.92 Å². The van der Waals surface area contributed by atoms with E-state index in [0.717, 1.165) is 0 Å². The van der Waals surface area contributed by atoms with Crippen molar-refractivity contribution in [3.63, 3.8) is 0 Å². The highest BCUT2D eigenvalue weighted by molar-refractivity contribution is 7.92. The number of nitro groups is 1. The van der Waals surface area contributed by atoms with Crippen molar-refractivity contribution in [2.75, 3.05) is 10.5 Å². The Bertz CT molecular complexity index is 559. The highest BCUT2D eigenvalue weighted by atomic mass is 32.2. The number of anilines is 1. The summed E-state index contributed by atoms with van der Waals surface area (Å²) >= 11 is 0. The van der Waals surface area contributed by atoms with Crippen molar-refractivity contribution in [3.05, 3.63) is 33.9 Å². The van der Waals surface area contributed by atoms with Crippen LogP contribution >= 0.6 is 0 Å². The van der Waals surface area contributed by atoms with E-state index in [1.54, 1.807) is 4.72 Å². The van der Waals surface area contributed by atoms with Gasteiger partial charge in [-0.05, 0) is 6.92 Å². The summed E-state index contributed by atoms with van der Waals surface area (Å²) in [5.74, 6) is -2.92. The molecular weight excluding hydrogens is 258 g/mol. The summed E-state index contributed by atoms with van der Waals surface area (Å²) in [6, 6.07) is 0.753. The molecule has 9 heteroatoms. The summed E-state index contributed by atoms with van der Waals surface area (Å²) in [7, 11) is -3.79. The van der Waals surface area contributed by atoms with Crippen molar-refractivity contribution in [1.29, 1.82) is 0 Å². The highest BCUT2D eigenvalue weighted by Gasteiger charge is 2.20. The summed E-state index contributed by atoms with van der Waals surface area (Å²) in [5.41, 5.74) is -1.65. The van der Waals surface area contributed by atoms with Gasteiger partial charge in [0.25, 0.3) is 0 Å². The van der Waals surface area contributed by atoms with Gasteiger partial charge >= 0.3 is 5.69 Å². The molecular formula is C8H8F2N2O4S. The predicted octanol–water partition coefficient (Wildman–Crippen LogP) is 1.63. The SMILES string of the molecule is CCS(=O)(=O)Nc1cc([N+](=O)[O-])c(F)cc1F. The average Bonchev–Trinajstić information content (AvgIpc) is 2.21. The van der Waals surface area contributed by atoms with Crippen molar-refractivity contribution in [3.8, 4) is 0 Å². The fourth-order valence-corrected chi connectivity index (χ4v) is 1.63. The number of halogens is 2. The third kappa shape index (κ3) is 3.09. The molecule has 0 heterocycles. The monoisotopic (exact) mass is 266 g/mol. The molecule has 1 N–H and O–H groups in total. The number of nitrogens with zero attached hydrogens (tertiary/aromatic N) is 1. The zero-order valence-corrected chi connectivity index (χ0v) is 9.42. The second-order valence-electron chi connectivity index (χ2n) is 3.05. The number of nitrogens with one attached hydrogen (secondary N) is 1. The summed E-state index contributed by atoms with van der Waals surface area (Å²) in [6.45, 7) is 1.30. The molecule has 0 aliphatic carbocycles. The van der Waals surface area contributed by atoms with Gasteiger partial charge in [-0.3, -0.25) is 14.8 Å². The van der Waals surface area contributed by atoms with Crippen molar-refractivity contribution < 1.29 is 22.1 Å². The fourth-order valence-electron chi connectivity index (χ4n) is 0.995. The number of hydrogen-bond donors (Lipinski definition) is 1. The zero-order chi connectivity index (χ0) is 13.2. The molecule has 0 atom stereocenters. The molecule has 0 aromatic heterocycles. The Morgan fingerprint density at radius 3 is 2.41 bits per heavy atom. The minimum Gasteiger partial charge on any atom is -0.280 e. The molecule has 1 aromatic carbocycles. The first-order valence-electron chi connectivity index (χ1n) is 4.40. The van der Waals surface area contributed by atoms with Crippen LogP contribution in [0.15, 0.2) is 12.1 Å². The van der Waals surface area contributed by atoms with Crippen molar-refractivity contribution in [2.24, 2.45) is 0 Å². The van der Waals surface area contributed by atoms with Crippen molar-refractivity contribution in [1.82, 2.24) is 0 Å². The maximum Gasteiger partial charge on any atom is 0.307 e. The van der Waals surface area contributed by atoms with Crippen LogP contribution < -0.4 is 4.72 Å². The van der Waals surface area contributed by atoms with E-state index in [-0.39, 0.29) is 11.8 Å². The lowest BCUT2D eigenvalue weighted by atomic mass is 10.2. The molecule has 94 valence electrons. The van der Waals surface area contributed by atoms with E-state index >= 15 is 0 Å². The lowest BCUT2D eigenvalue weighted by Crippen LogP contribution is -2.16. The van der Waals surface area contributed by atoms with Crippen molar-refractivity contribution >= 4 is 21.4 Å². The molecule has 1 aromatic rings. The van der Waals surface area contributed by atoms with Crippen LogP contribution in [0.3, 0.4) is 0 Å². The van der Waals surface area contributed by atoms with Gasteiger partial charge in [0.2, 0.25) is 15.8 Å². The molecule has 0 unspecified atom stereocenters. The van der Waals surface area contributed by atoms with E-state index in [4.69, 9.17) is 0 Å². The minimum atomic E-state index is -3.79. The Morgan fingerprint density at radius 2 is 1.94 bits per heavy atom. The van der Waals surface area contributed by atoms with Gasteiger partial charge in [-0.1, -0.05) is 0 Å². The third-order valence-electron chi connectivity index (χ3n) is 1.88. The predicted molar refractivity (Wildman–Crippen MR) is 56.1 cm³/mol. The molecule has 0 saturated carbocycles. The van der Waals surface area contributed by atoms with Gasteiger partial charge in [0.05, 0.1) is 16.4 Å². The molecule has 6 nitrogen and oxygen atoms in total. The van der Waals surface area contributed by atoms with Gasteiger partial charge in [-0.25, -0.2) is 12.8 Å². The van der Waals surface area contributed by atoms with Gasteiger partial charge in [-0.15, -0.1) is 0 Å². The van der Waals surface area contributed by atoms with E-state index in [1.807, 2.05) is 0 Å². The molecule has 0 aliphatic rings. The Kier molecular flexibility index (Phi) is 3.61. The lowest BCUT2D eigenvalue weighted by molar-refractivity contribution is -0.387. The number of hydrogen-bond acceptors (Lipinski definition) is 4. The van der Waals surface area contributed by atoms with E-state index in [9.17, 15) is 27.3 Å². The second kappa shape index (κ2) is 4.62. The maximum atomic E-state index is 13.2. The summed E-state index contributed by atoms with van der Waals surface area (Å²) in [4.78, 5) is 9.32. The number of sulfonamides is 1. The normalized spacial score (nSPS) is 11.2. The van der Waals surface area contributed by atoms with E-state index < -0.39 is 38.0 Å². The van der Waals surface area contributed by atoms with E-state index in [1.165, 1.54) is 6.92 Å². The largest absolute Gasteiger partial charge is 0.307 e. The number of nitro benzene ring substituents is 1. The number of benzene rings is 1. The van der Waals surface area contributed by atoms with Gasteiger partial charge in [0.1, 0.15) is 0 Å². The van der Waals surface area contributed by atoms with Gasteiger partial charge in [0.15, 0.2) is 5.82 Å². The fraction of sp³-hybridized carbons (Fsp3) is 0.250. The average molecular weight is 266 g/mol. The molecule has 0 radical (unpaired) electrons. The third-order valence-corrected chi connectivity index (χ3v) is 3.17. The minimum absolute atomic E-state index is 0.256. The molecule has 0 spiro atoms. The highest BCUT2D eigenvalue weighted by Crippen LogP contribution is 2.25. The van der Waals surface area contributed by atoms with Crippen LogP contribution in [0.1, 0.15) is 6.92 Å². The van der Waals surface area contributed by atoms with Gasteiger partial charge < -0.3 is 0 Å². The molecule has 0 bridgehead atoms. The smallest absolute Gasteiger partial charge is 0.280 e. The van der Waals surface area contributed by atoms with Gasteiger partial charge in [0, 0.05) is 12.1 Å². The first-order chi connectivity index (χ1) is 7.76. The van der Waals surface area contributed by atoms with Crippen LogP contribution in [0, 0.1) is 21.7 Å². The van der Waals surface area contributed by atoms with Crippen LogP contribution in [-0.2, 0) is 10.0 Å². The van der Waals surface area contributed by atoms with Crippen LogP contribution in [-0.4, -0.2) is 19.1 Å². The number of rotatable bonds is 4. The topological polar surface area (TPSA) is 89.3 Å². The first-order valence-corrected chi connectivity index (χ1v) is 6.06. The van der Waals surface area contributed by atoms with E-state index in [2.05, 4.69) is 0 Å². The summed E-state index contributed by atoms with van der Waals surface area (Å²) in [6.07, 6.45) is 0. The molecule has 0 saturated heterocycles.